The second-order valence-corrected chi connectivity index (χ2v) is 10.8. The molecule has 2 N–H and O–H groups in total. The summed E-state index contributed by atoms with van der Waals surface area (Å²) >= 11 is 49.9. The fourth-order valence-electron chi connectivity index (χ4n) is 3.86. The third-order valence-electron chi connectivity index (χ3n) is 5.67. The molecule has 6 nitrogen and oxygen atoms in total. The predicted molar refractivity (Wildman–Crippen MR) is 163 cm³/mol. The van der Waals surface area contributed by atoms with Crippen LogP contribution in [-0.4, -0.2) is 23.5 Å². The van der Waals surface area contributed by atoms with Gasteiger partial charge in [0.15, 0.2) is 0 Å². The smallest absolute Gasteiger partial charge is 0.259 e. The monoisotopic (exact) mass is 10400 g/mol. The number of fused-ring (bicyclic) bond motifs is 2. The molecule has 1 unspecified atom stereocenters. The Morgan fingerprint density at radius 1 is 0.150 bits per heavy atom. The van der Waals surface area contributed by atoms with E-state index < -0.39 is 11.8 Å². The van der Waals surface area contributed by atoms with Crippen LogP contribution in [-0.2, 0) is 3570 Å². The summed E-state index contributed by atoms with van der Waals surface area (Å²) in [6.45, 7) is 1.75. The van der Waals surface area contributed by atoms with E-state index in [1.807, 2.05) is 0 Å². The van der Waals surface area contributed by atoms with Crippen molar-refractivity contribution in [3.05, 3.63) is 86.2 Å². The van der Waals surface area contributed by atoms with E-state index in [-0.39, 0.29) is 3650 Å². The Hall–Kier alpha value is 119. The Morgan fingerprint density at radius 2 is 0.231 bits per heavy atom. The van der Waals surface area contributed by atoms with Crippen molar-refractivity contribution in [2.45, 2.75) is 6.92 Å². The number of carbonyl (C=O) groups is 2. The van der Waals surface area contributed by atoms with E-state index in [9.17, 15) is 9.59 Å². The van der Waals surface area contributed by atoms with E-state index in [2.05, 4.69) is 20.6 Å². The zero-order valence-electron chi connectivity index (χ0n) is 81.6. The van der Waals surface area contributed by atoms with Crippen LogP contribution < -0.4 is 10.6 Å². The number of hydrogen-bond donors (Lipinski definition) is 2. The average Bonchev–Trinajstić information content (AvgIpc) is 3.36. The second-order valence-electron chi connectivity index (χ2n) is 7.76. The Kier molecular flexibility index (Phi) is 2740. The summed E-state index contributed by atoms with van der Waals surface area (Å²) in [6.07, 6.45) is 0. The van der Waals surface area contributed by atoms with Crippen molar-refractivity contribution in [1.82, 2.24) is 10.6 Å². The van der Waals surface area contributed by atoms with E-state index in [4.69, 9.17) is 92.8 Å². The molecule has 2 amide bonds. The topological polar surface area (TPSA) is 82.9 Å². The van der Waals surface area contributed by atoms with E-state index in [1.54, 1.807) is 25.1 Å². The molecule has 0 fully saturated rings. The number of benzene rings is 3. The standard InChI is InChI=1S/C23H8Cl8N4O2.H3P.109Y/c1-5-6(32-20-8-10(22(36)34-20)14(26)18(30)16(28)12(8)24)3-2-4-7(5)33-21-9-11(23(37)35-21)15(27)19(31)17(29)13(9)25;;;;;;;;;;;;;;;;;;;;;;;;;;;;;;;;;;;;;;;;;;;;;;;;;;;;;;;;;;;;;;;;;;;;;;;;;;;;;;;;;;;;;;;;;;;;;;;;;;;;;;;;;;;;;;/h2-4H,1H3,(H,32,34,36)(H,33,35,37);1H3;;;;;;;;;;;;;;;;;;;;;;;;;;;;;;;;;;;;;;;;;;;;;;;;;;;;;;;;;;;;;;;;;;;;;;;;;;;;;;;;;;;;;;;;;;;;;;;;;;;;;;;;;;;;;. The number of amides is 2. The van der Waals surface area contributed by atoms with Crippen LogP contribution in [0.25, 0.3) is 0 Å². The number of halogens is 8. The van der Waals surface area contributed by atoms with Gasteiger partial charge in [-0.2, -0.15) is 9.90 Å². The molecule has 3 aromatic carbocycles. The first-order chi connectivity index (χ1) is 17.4. The molecule has 147 heavy (non-hydrogen) atoms. The molecule has 3 aromatic rings. The number of amidine groups is 2. The van der Waals surface area contributed by atoms with Crippen LogP contribution in [0, 0.1) is 6.92 Å². The van der Waals surface area contributed by atoms with Crippen molar-refractivity contribution < 1.29 is 3570 Å². The van der Waals surface area contributed by atoms with Crippen molar-refractivity contribution in [2.75, 3.05) is 0 Å². The Labute approximate surface area is 3680 Å². The summed E-state index contributed by atoms with van der Waals surface area (Å²) in [4.78, 5) is 34.3. The maximum atomic E-state index is 12.6. The van der Waals surface area contributed by atoms with Crippen LogP contribution >= 0.6 is 103 Å². The van der Waals surface area contributed by atoms with Crippen LogP contribution in [0.5, 0.6) is 0 Å². The van der Waals surface area contributed by atoms with Gasteiger partial charge < -0.3 is 10.6 Å². The molecular weight excluding hydrogens is 10400 g/mol. The quantitative estimate of drug-likeness (QED) is 0.153. The number of nitrogens with zero attached hydrogens (tertiary/aromatic N) is 2. The molecule has 1 atom stereocenters. The zero-order valence-corrected chi connectivity index (χ0v) is 398. The van der Waals surface area contributed by atoms with Gasteiger partial charge in [0.2, 0.25) is 0 Å². The first-order valence-electron chi connectivity index (χ1n) is 10.1. The molecule has 0 aromatic heterocycles. The van der Waals surface area contributed by atoms with Crippen LogP contribution in [0.15, 0.2) is 28.2 Å². The van der Waals surface area contributed by atoms with Gasteiger partial charge >= 0.3 is 0 Å². The van der Waals surface area contributed by atoms with Crippen LogP contribution in [0.1, 0.15) is 37.4 Å². The minimum absolute atomic E-state index is 0. The maximum absolute atomic E-state index is 12.6. The third-order valence-corrected chi connectivity index (χ3v) is 9.27. The first-order valence-corrected chi connectivity index (χ1v) is 13.1. The fraction of sp³-hybridized carbons (Fsp3) is 0.0435. The van der Waals surface area contributed by atoms with Crippen LogP contribution in [0.2, 0.25) is 40.2 Å². The van der Waals surface area contributed by atoms with Crippen LogP contribution in [0.4, 0.5) is 11.4 Å². The van der Waals surface area contributed by atoms with E-state index in [0.717, 1.165) is 0 Å². The van der Waals surface area contributed by atoms with Crippen molar-refractivity contribution in [3.63, 3.8) is 0 Å². The van der Waals surface area contributed by atoms with Gasteiger partial charge in [-0.25, -0.2) is 9.98 Å². The summed E-state index contributed by atoms with van der Waals surface area (Å²) in [5.74, 6) is -0.788. The molecule has 0 saturated heterocycles. The summed E-state index contributed by atoms with van der Waals surface area (Å²) < 4.78 is 0. The molecule has 2 heterocycles. The maximum Gasteiger partial charge on any atom is 0.259 e. The molecule has 0 spiro atoms. The predicted octanol–water partition coefficient (Wildman–Crippen LogP) is 8.65. The van der Waals surface area contributed by atoms with E-state index in [1.165, 1.54) is 0 Å². The second kappa shape index (κ2) is 552. The molecule has 2 aliphatic heterocycles. The minimum Gasteiger partial charge on any atom is -0.306 e. The molecule has 0 saturated carbocycles. The summed E-state index contributed by atoms with van der Waals surface area (Å²) in [5, 5.41) is 5.22. The summed E-state index contributed by atoms with van der Waals surface area (Å²) in [5.41, 5.74) is 2.07. The molecule has 523 valence electrons. The molecule has 0 aliphatic carbocycles. The first kappa shape index (κ1) is 730. The normalized spacial score (nSPS) is 4.12. The molecule has 124 heteroatoms. The summed E-state index contributed by atoms with van der Waals surface area (Å²) in [6, 6.07) is 5.09. The number of carbonyl (C=O) groups excluding carboxylic acids is 2. The number of aliphatic imine (C=N–C) groups is 2. The molecular formula is C23H11Cl8N4O2PY109. The molecule has 2 aliphatic rings. The number of rotatable bonds is 2. The Balaban J connectivity index is -0.00000000147. The molecule has 5 rings (SSSR count). The van der Waals surface area contributed by atoms with Crippen molar-refractivity contribution in [2.24, 2.45) is 9.98 Å². The third kappa shape index (κ3) is 404. The average molecular weight is 10400 g/mol. The fourth-order valence-corrected chi connectivity index (χ4v) is 5.92. The van der Waals surface area contributed by atoms with E-state index >= 15 is 0 Å². The van der Waals surface area contributed by atoms with Gasteiger partial charge in [-0.3, -0.25) is 9.59 Å². The number of hydrogen-bond acceptors (Lipinski definition) is 4. The van der Waals surface area contributed by atoms with Gasteiger partial charge in [0.05, 0.1) is 73.8 Å². The van der Waals surface area contributed by atoms with E-state index in [0.29, 0.717) is 16.9 Å². The van der Waals surface area contributed by atoms with Crippen molar-refractivity contribution in [3.8, 4) is 0 Å². The van der Waals surface area contributed by atoms with Gasteiger partial charge in [-0.15, -0.1) is 0 Å². The van der Waals surface area contributed by atoms with Gasteiger partial charge in [-0.1, -0.05) is 98.9 Å². The Bertz CT molecular complexity index is 1680. The number of nitrogens with one attached hydrogen (secondary N) is 2. The van der Waals surface area contributed by atoms with Gasteiger partial charge in [0.25, 0.3) is 11.8 Å². The van der Waals surface area contributed by atoms with Crippen molar-refractivity contribution >= 4 is 138 Å². The van der Waals surface area contributed by atoms with Gasteiger partial charge in [-0.05, 0) is 19.1 Å². The minimum atomic E-state index is -0.527. The zero-order chi connectivity index (χ0) is 26.9. The molecule has 0 bridgehead atoms. The van der Waals surface area contributed by atoms with Crippen molar-refractivity contribution in [1.29, 1.82) is 0 Å². The Morgan fingerprint density at radius 3 is 0.320 bits per heavy atom. The van der Waals surface area contributed by atoms with Gasteiger partial charge in [0, 0.05) is 3570 Å². The largest absolute Gasteiger partial charge is 0.306 e. The van der Waals surface area contributed by atoms with Crippen LogP contribution in [0.3, 0.4) is 0 Å². The summed E-state index contributed by atoms with van der Waals surface area (Å²) in [7, 11) is 0. The molecule has 109 radical (unpaired) electrons. The SMILES string of the molecule is Cc1c(N=C2NC(=O)c3c(Cl)c(Cl)c(Cl)c(Cl)c32)cccc1N=C1NC(=O)c2c(Cl)c(Cl)c(Cl)c(Cl)c21.P.[Y].[Y].[Y].[Y].[Y].[Y].[Y].[Y].[Y].[Y].[Y].[Y].[Y].[Y].[Y].[Y].[Y].[Y].[Y].[Y].[Y].[Y].[Y].[Y].[Y].[Y].[Y].[Y].[Y].[Y].[Y].[Y].[Y].[Y].[Y].[Y].[Y].[Y].[Y].[Y].[Y].[Y].[Y].[Y].[Y].[Y].[Y].[Y].[Y].[Y].[Y].[Y].[Y].[Y].[Y].[Y].[Y].[Y].[Y].[Y].[Y].[Y].[Y].[Y].[Y].[Y].[Y].[Y].[Y].[Y].[Y].[Y].[Y].[Y].[Y].[Y].[Y].[Y].[Y].[Y].[Y].[Y].[Y].[Y].[Y].[Y].[Y].[Y].[Y].[Y].[Y].[Y].[Y].[Y].[Y].[Y].[Y].[Y].[Y].[Y].[Y].[Y].[Y].[Y].[Y].[Y].[Y].[Y].[Y]. The van der Waals surface area contributed by atoms with Gasteiger partial charge in [0.1, 0.15) is 11.7 Å².